The highest BCUT2D eigenvalue weighted by molar-refractivity contribution is 7.89. The quantitative estimate of drug-likeness (QED) is 0.796. The van der Waals surface area contributed by atoms with Crippen molar-refractivity contribution in [3.8, 4) is 0 Å². The Hall–Kier alpha value is -2.13. The number of benzene rings is 1. The van der Waals surface area contributed by atoms with E-state index in [1.165, 1.54) is 21.3 Å². The number of carboxylic acids is 1. The van der Waals surface area contributed by atoms with Crippen LogP contribution >= 0.6 is 0 Å². The minimum absolute atomic E-state index is 0.0274. The van der Waals surface area contributed by atoms with Crippen molar-refractivity contribution in [3.63, 3.8) is 0 Å². The molecule has 2 N–H and O–H groups in total. The highest BCUT2D eigenvalue weighted by atomic mass is 32.2. The van der Waals surface area contributed by atoms with Crippen LogP contribution in [0.3, 0.4) is 0 Å². The molecule has 24 heavy (non-hydrogen) atoms. The molecule has 0 radical (unpaired) electrons. The summed E-state index contributed by atoms with van der Waals surface area (Å²) in [5, 5.41) is 8.76. The van der Waals surface area contributed by atoms with Gasteiger partial charge in [-0.2, -0.15) is 0 Å². The number of carbonyl (C=O) groups is 1. The molecule has 8 nitrogen and oxygen atoms in total. The molecule has 0 unspecified atom stereocenters. The van der Waals surface area contributed by atoms with Crippen molar-refractivity contribution in [3.05, 3.63) is 28.7 Å². The minimum atomic E-state index is -3.85. The highest BCUT2D eigenvalue weighted by Gasteiger charge is 2.27. The number of fused-ring (bicyclic) bond motifs is 1. The molecule has 0 saturated carbocycles. The van der Waals surface area contributed by atoms with Crippen LogP contribution in [0.25, 0.3) is 11.0 Å². The molecule has 0 aliphatic rings. The number of carboxylic acid groups (broad SMARTS) is 1. The van der Waals surface area contributed by atoms with Crippen LogP contribution in [-0.4, -0.2) is 34.2 Å². The van der Waals surface area contributed by atoms with Crippen molar-refractivity contribution in [2.75, 3.05) is 0 Å². The number of nitrogens with zero attached hydrogens (tertiary/aromatic N) is 2. The fourth-order valence-electron chi connectivity index (χ4n) is 2.55. The van der Waals surface area contributed by atoms with Gasteiger partial charge in [-0.05, 0) is 38.5 Å². The summed E-state index contributed by atoms with van der Waals surface area (Å²) < 4.78 is 30.5. The number of rotatable bonds is 6. The second-order valence-electron chi connectivity index (χ2n) is 6.43. The van der Waals surface area contributed by atoms with Crippen molar-refractivity contribution in [1.29, 1.82) is 0 Å². The van der Waals surface area contributed by atoms with E-state index in [4.69, 9.17) is 5.11 Å². The Bertz CT molecular complexity index is 953. The molecule has 2 aromatic rings. The lowest BCUT2D eigenvalue weighted by molar-refractivity contribution is -0.137. The number of aliphatic carboxylic acids is 1. The van der Waals surface area contributed by atoms with Gasteiger partial charge in [0.15, 0.2) is 0 Å². The molecule has 0 spiro atoms. The van der Waals surface area contributed by atoms with Gasteiger partial charge >= 0.3 is 11.7 Å². The van der Waals surface area contributed by atoms with Gasteiger partial charge in [-0.25, -0.2) is 17.9 Å². The van der Waals surface area contributed by atoms with E-state index in [2.05, 4.69) is 4.72 Å². The molecule has 0 bridgehead atoms. The largest absolute Gasteiger partial charge is 0.481 e. The molecular formula is C15H21N3O5S. The monoisotopic (exact) mass is 355 g/mol. The molecular weight excluding hydrogens is 334 g/mol. The summed E-state index contributed by atoms with van der Waals surface area (Å²) in [4.78, 5) is 22.6. The lowest BCUT2D eigenvalue weighted by Gasteiger charge is -2.25. The van der Waals surface area contributed by atoms with Crippen molar-refractivity contribution >= 4 is 27.0 Å². The van der Waals surface area contributed by atoms with Crippen molar-refractivity contribution in [1.82, 2.24) is 13.9 Å². The first-order chi connectivity index (χ1) is 10.9. The number of aryl methyl sites for hydroxylation is 2. The molecule has 1 aromatic heterocycles. The third kappa shape index (κ3) is 3.51. The fraction of sp³-hybridized carbons (Fsp3) is 0.467. The second kappa shape index (κ2) is 6.06. The van der Waals surface area contributed by atoms with Crippen molar-refractivity contribution in [2.24, 2.45) is 14.1 Å². The van der Waals surface area contributed by atoms with E-state index in [9.17, 15) is 18.0 Å². The summed E-state index contributed by atoms with van der Waals surface area (Å²) in [7, 11) is -0.653. The Kier molecular flexibility index (Phi) is 4.60. The zero-order valence-electron chi connectivity index (χ0n) is 14.0. The third-order valence-corrected chi connectivity index (χ3v) is 5.62. The molecule has 0 saturated heterocycles. The predicted molar refractivity (Wildman–Crippen MR) is 89.4 cm³/mol. The van der Waals surface area contributed by atoms with Gasteiger partial charge in [0.1, 0.15) is 0 Å². The summed E-state index contributed by atoms with van der Waals surface area (Å²) in [6.07, 6.45) is 0.0232. The molecule has 132 valence electrons. The SMILES string of the molecule is Cn1c(=O)n(C)c2cc(S(=O)(=O)NC(C)(C)CCC(=O)O)ccc21. The number of hydrogen-bond acceptors (Lipinski definition) is 4. The Morgan fingerprint density at radius 2 is 1.79 bits per heavy atom. The summed E-state index contributed by atoms with van der Waals surface area (Å²) in [6.45, 7) is 3.26. The smallest absolute Gasteiger partial charge is 0.328 e. The molecule has 9 heteroatoms. The zero-order chi connectivity index (χ0) is 18.3. The summed E-state index contributed by atoms with van der Waals surface area (Å²) in [6, 6.07) is 4.44. The third-order valence-electron chi connectivity index (χ3n) is 3.93. The summed E-state index contributed by atoms with van der Waals surface area (Å²) >= 11 is 0. The molecule has 0 atom stereocenters. The van der Waals surface area contributed by atoms with E-state index < -0.39 is 21.5 Å². The van der Waals surface area contributed by atoms with Gasteiger partial charge < -0.3 is 5.11 Å². The van der Waals surface area contributed by atoms with Gasteiger partial charge in [-0.1, -0.05) is 0 Å². The topological polar surface area (TPSA) is 110 Å². The van der Waals surface area contributed by atoms with Crippen LogP contribution in [0.2, 0.25) is 0 Å². The molecule has 0 aliphatic heterocycles. The van der Waals surface area contributed by atoms with E-state index in [-0.39, 0.29) is 23.4 Å². The minimum Gasteiger partial charge on any atom is -0.481 e. The number of sulfonamides is 1. The average Bonchev–Trinajstić information content (AvgIpc) is 2.69. The highest BCUT2D eigenvalue weighted by Crippen LogP contribution is 2.21. The lowest BCUT2D eigenvalue weighted by atomic mass is 10.0. The zero-order valence-corrected chi connectivity index (χ0v) is 14.8. The van der Waals surface area contributed by atoms with Crippen LogP contribution in [0.4, 0.5) is 0 Å². The van der Waals surface area contributed by atoms with Crippen molar-refractivity contribution < 1.29 is 18.3 Å². The standard InChI is InChI=1S/C15H21N3O5S/c1-15(2,8-7-13(19)20)16-24(22,23)10-5-6-11-12(9-10)18(4)14(21)17(11)3/h5-6,9,16H,7-8H2,1-4H3,(H,19,20). The van der Waals surface area contributed by atoms with Crippen LogP contribution in [0.15, 0.2) is 27.9 Å². The molecule has 1 heterocycles. The van der Waals surface area contributed by atoms with E-state index in [0.29, 0.717) is 11.0 Å². The van der Waals surface area contributed by atoms with Gasteiger partial charge in [0.25, 0.3) is 0 Å². The van der Waals surface area contributed by atoms with Gasteiger partial charge in [0.05, 0.1) is 15.9 Å². The Balaban J connectivity index is 2.39. The van der Waals surface area contributed by atoms with Crippen LogP contribution < -0.4 is 10.4 Å². The predicted octanol–water partition coefficient (Wildman–Crippen LogP) is 0.799. The van der Waals surface area contributed by atoms with Gasteiger partial charge in [0, 0.05) is 26.1 Å². The maximum atomic E-state index is 12.6. The Labute approximate surface area is 139 Å². The lowest BCUT2D eigenvalue weighted by Crippen LogP contribution is -2.43. The molecule has 1 aromatic carbocycles. The van der Waals surface area contributed by atoms with Gasteiger partial charge in [-0.15, -0.1) is 0 Å². The van der Waals surface area contributed by atoms with Gasteiger partial charge in [-0.3, -0.25) is 13.9 Å². The number of hydrogen-bond donors (Lipinski definition) is 2. The summed E-state index contributed by atoms with van der Waals surface area (Å²) in [5.41, 5.74) is -0.0102. The van der Waals surface area contributed by atoms with Crippen LogP contribution in [0.5, 0.6) is 0 Å². The molecule has 2 rings (SSSR count). The number of aromatic nitrogens is 2. The molecule has 0 amide bonds. The van der Waals surface area contributed by atoms with E-state index in [1.807, 2.05) is 0 Å². The van der Waals surface area contributed by atoms with Crippen molar-refractivity contribution in [2.45, 2.75) is 37.1 Å². The van der Waals surface area contributed by atoms with Gasteiger partial charge in [0.2, 0.25) is 10.0 Å². The van der Waals surface area contributed by atoms with E-state index in [0.717, 1.165) is 0 Å². The van der Waals surface area contributed by atoms with Crippen LogP contribution in [0.1, 0.15) is 26.7 Å². The Morgan fingerprint density at radius 1 is 1.21 bits per heavy atom. The normalized spacial score (nSPS) is 12.7. The van der Waals surface area contributed by atoms with E-state index in [1.54, 1.807) is 34.0 Å². The molecule has 0 aliphatic carbocycles. The maximum absolute atomic E-state index is 12.6. The molecule has 0 fully saturated rings. The maximum Gasteiger partial charge on any atom is 0.328 e. The average molecular weight is 355 g/mol. The fourth-order valence-corrected chi connectivity index (χ4v) is 4.01. The van der Waals surface area contributed by atoms with Crippen LogP contribution in [0, 0.1) is 0 Å². The first-order valence-corrected chi connectivity index (χ1v) is 8.84. The number of imidazole rings is 1. The second-order valence-corrected chi connectivity index (χ2v) is 8.12. The first-order valence-electron chi connectivity index (χ1n) is 7.36. The van der Waals surface area contributed by atoms with E-state index >= 15 is 0 Å². The summed E-state index contributed by atoms with van der Waals surface area (Å²) in [5.74, 6) is -0.983. The Morgan fingerprint density at radius 3 is 2.38 bits per heavy atom. The number of nitrogens with one attached hydrogen (secondary N) is 1. The first kappa shape index (κ1) is 18.2. The van der Waals surface area contributed by atoms with Crippen LogP contribution in [-0.2, 0) is 28.9 Å².